The van der Waals surface area contributed by atoms with Gasteiger partial charge < -0.3 is 10.2 Å². The van der Waals surface area contributed by atoms with Crippen LogP contribution in [-0.4, -0.2) is 15.0 Å². The minimum absolute atomic E-state index is 0.332. The number of rotatable bonds is 2. The number of aromatic nitrogens is 3. The molecule has 1 atom stereocenters. The summed E-state index contributed by atoms with van der Waals surface area (Å²) in [5.74, 6) is 0.683. The lowest BCUT2D eigenvalue weighted by Gasteiger charge is -2.07. The Hall–Kier alpha value is -1.14. The molecule has 0 aliphatic rings. The molecule has 0 saturated heterocycles. The normalized spacial score (nSPS) is 13.1. The number of aryl methyl sites for hydroxylation is 1. The molecule has 0 aromatic carbocycles. The SMILES string of the molecule is Cn1nncc1C(N)c1ccc(Br)o1. The second-order valence-corrected chi connectivity index (χ2v) is 3.68. The highest BCUT2D eigenvalue weighted by Crippen LogP contribution is 2.22. The third kappa shape index (κ3) is 1.58. The fraction of sp³-hybridized carbons (Fsp3) is 0.250. The fourth-order valence-corrected chi connectivity index (χ4v) is 1.54. The van der Waals surface area contributed by atoms with E-state index >= 15 is 0 Å². The lowest BCUT2D eigenvalue weighted by molar-refractivity contribution is 0.460. The summed E-state index contributed by atoms with van der Waals surface area (Å²) < 4.78 is 7.64. The molecule has 0 spiro atoms. The molecular formula is C8H9BrN4O. The van der Waals surface area contributed by atoms with Gasteiger partial charge in [0.15, 0.2) is 4.67 Å². The number of nitrogens with zero attached hydrogens (tertiary/aromatic N) is 3. The maximum Gasteiger partial charge on any atom is 0.169 e. The molecule has 0 bridgehead atoms. The van der Waals surface area contributed by atoms with Gasteiger partial charge in [0.1, 0.15) is 11.8 Å². The molecule has 14 heavy (non-hydrogen) atoms. The Balaban J connectivity index is 2.33. The number of halogens is 1. The van der Waals surface area contributed by atoms with Crippen LogP contribution in [0.5, 0.6) is 0 Å². The summed E-state index contributed by atoms with van der Waals surface area (Å²) >= 11 is 3.22. The van der Waals surface area contributed by atoms with Gasteiger partial charge in [-0.15, -0.1) is 5.10 Å². The zero-order valence-corrected chi connectivity index (χ0v) is 9.10. The molecule has 2 rings (SSSR count). The molecule has 0 aliphatic carbocycles. The zero-order valence-electron chi connectivity index (χ0n) is 7.51. The van der Waals surface area contributed by atoms with Crippen LogP contribution >= 0.6 is 15.9 Å². The topological polar surface area (TPSA) is 69.9 Å². The molecule has 6 heteroatoms. The first-order chi connectivity index (χ1) is 6.68. The van der Waals surface area contributed by atoms with E-state index in [-0.39, 0.29) is 6.04 Å². The van der Waals surface area contributed by atoms with Crippen molar-refractivity contribution in [2.45, 2.75) is 6.04 Å². The average Bonchev–Trinajstić information content (AvgIpc) is 2.73. The molecule has 5 nitrogen and oxygen atoms in total. The molecule has 0 saturated carbocycles. The second kappa shape index (κ2) is 3.55. The van der Waals surface area contributed by atoms with Crippen LogP contribution in [-0.2, 0) is 7.05 Å². The largest absolute Gasteiger partial charge is 0.452 e. The first-order valence-corrected chi connectivity index (χ1v) is 4.83. The van der Waals surface area contributed by atoms with Crippen molar-refractivity contribution in [3.05, 3.63) is 34.5 Å². The number of furan rings is 1. The summed E-state index contributed by atoms with van der Waals surface area (Å²) in [5.41, 5.74) is 6.77. The van der Waals surface area contributed by atoms with Crippen molar-refractivity contribution < 1.29 is 4.42 Å². The second-order valence-electron chi connectivity index (χ2n) is 2.90. The van der Waals surface area contributed by atoms with Gasteiger partial charge in [-0.2, -0.15) is 0 Å². The summed E-state index contributed by atoms with van der Waals surface area (Å²) in [5, 5.41) is 7.56. The first kappa shape index (κ1) is 9.42. The first-order valence-electron chi connectivity index (χ1n) is 4.04. The standard InChI is InChI=1S/C8H9BrN4O/c1-13-5(4-11-12-13)8(10)6-2-3-7(9)14-6/h2-4,8H,10H2,1H3. The van der Waals surface area contributed by atoms with Crippen LogP contribution in [0.3, 0.4) is 0 Å². The lowest BCUT2D eigenvalue weighted by atomic mass is 10.2. The highest BCUT2D eigenvalue weighted by Gasteiger charge is 2.16. The molecule has 2 heterocycles. The Morgan fingerprint density at radius 3 is 2.86 bits per heavy atom. The minimum Gasteiger partial charge on any atom is -0.452 e. The summed E-state index contributed by atoms with van der Waals surface area (Å²) in [6.45, 7) is 0. The fourth-order valence-electron chi connectivity index (χ4n) is 1.22. The number of hydrogen-bond donors (Lipinski definition) is 1. The van der Waals surface area contributed by atoms with Gasteiger partial charge in [0.25, 0.3) is 0 Å². The van der Waals surface area contributed by atoms with Gasteiger partial charge in [-0.05, 0) is 28.1 Å². The molecule has 0 amide bonds. The van der Waals surface area contributed by atoms with E-state index in [2.05, 4.69) is 26.2 Å². The monoisotopic (exact) mass is 256 g/mol. The van der Waals surface area contributed by atoms with Crippen LogP contribution in [0.2, 0.25) is 0 Å². The smallest absolute Gasteiger partial charge is 0.169 e. The van der Waals surface area contributed by atoms with Crippen LogP contribution in [0.25, 0.3) is 0 Å². The third-order valence-electron chi connectivity index (χ3n) is 1.97. The lowest BCUT2D eigenvalue weighted by Crippen LogP contribution is -2.15. The predicted molar refractivity (Wildman–Crippen MR) is 53.4 cm³/mol. The highest BCUT2D eigenvalue weighted by atomic mass is 79.9. The molecule has 0 aliphatic heterocycles. The maximum absolute atomic E-state index is 5.96. The molecule has 0 radical (unpaired) electrons. The van der Waals surface area contributed by atoms with E-state index in [1.807, 2.05) is 6.07 Å². The van der Waals surface area contributed by atoms with E-state index in [0.717, 1.165) is 5.69 Å². The van der Waals surface area contributed by atoms with E-state index < -0.39 is 0 Å². The van der Waals surface area contributed by atoms with E-state index in [1.54, 1.807) is 24.0 Å². The molecular weight excluding hydrogens is 248 g/mol. The third-order valence-corrected chi connectivity index (χ3v) is 2.39. The van der Waals surface area contributed by atoms with Crippen molar-refractivity contribution in [1.29, 1.82) is 0 Å². The van der Waals surface area contributed by atoms with Crippen LogP contribution in [0.4, 0.5) is 0 Å². The van der Waals surface area contributed by atoms with Gasteiger partial charge in [0, 0.05) is 7.05 Å². The Morgan fingerprint density at radius 1 is 1.57 bits per heavy atom. The Morgan fingerprint density at radius 2 is 2.36 bits per heavy atom. The molecule has 1 unspecified atom stereocenters. The molecule has 74 valence electrons. The van der Waals surface area contributed by atoms with Crippen molar-refractivity contribution in [3.8, 4) is 0 Å². The van der Waals surface area contributed by atoms with Gasteiger partial charge in [-0.3, -0.25) is 4.68 Å². The zero-order chi connectivity index (χ0) is 10.1. The molecule has 2 aromatic rings. The molecule has 0 fully saturated rings. The minimum atomic E-state index is -0.332. The Bertz CT molecular complexity index is 436. The van der Waals surface area contributed by atoms with Crippen molar-refractivity contribution in [2.24, 2.45) is 12.8 Å². The highest BCUT2D eigenvalue weighted by molar-refractivity contribution is 9.10. The summed E-state index contributed by atoms with van der Waals surface area (Å²) in [6, 6.07) is 3.29. The van der Waals surface area contributed by atoms with Gasteiger partial charge in [-0.1, -0.05) is 5.21 Å². The van der Waals surface area contributed by atoms with Crippen molar-refractivity contribution in [2.75, 3.05) is 0 Å². The van der Waals surface area contributed by atoms with E-state index in [4.69, 9.17) is 10.2 Å². The summed E-state index contributed by atoms with van der Waals surface area (Å²) in [4.78, 5) is 0. The van der Waals surface area contributed by atoms with Gasteiger partial charge in [-0.25, -0.2) is 0 Å². The molecule has 2 aromatic heterocycles. The van der Waals surface area contributed by atoms with Crippen LogP contribution in [0, 0.1) is 0 Å². The quantitative estimate of drug-likeness (QED) is 0.878. The van der Waals surface area contributed by atoms with Crippen molar-refractivity contribution in [3.63, 3.8) is 0 Å². The van der Waals surface area contributed by atoms with Crippen LogP contribution in [0.15, 0.2) is 27.4 Å². The average molecular weight is 257 g/mol. The predicted octanol–water partition coefficient (Wildman–Crippen LogP) is 1.22. The summed E-state index contributed by atoms with van der Waals surface area (Å²) in [6.07, 6.45) is 1.63. The molecule has 2 N–H and O–H groups in total. The maximum atomic E-state index is 5.96. The van der Waals surface area contributed by atoms with Gasteiger partial charge in [0.05, 0.1) is 11.9 Å². The Labute approximate surface area is 89.0 Å². The number of nitrogens with two attached hydrogens (primary N) is 1. The summed E-state index contributed by atoms with van der Waals surface area (Å²) in [7, 11) is 1.79. The number of hydrogen-bond acceptors (Lipinski definition) is 4. The van der Waals surface area contributed by atoms with E-state index in [0.29, 0.717) is 10.4 Å². The van der Waals surface area contributed by atoms with Gasteiger partial charge >= 0.3 is 0 Å². The Kier molecular flexibility index (Phi) is 2.39. The van der Waals surface area contributed by atoms with Crippen LogP contribution < -0.4 is 5.73 Å². The van der Waals surface area contributed by atoms with E-state index in [9.17, 15) is 0 Å². The van der Waals surface area contributed by atoms with Gasteiger partial charge in [0.2, 0.25) is 0 Å². The van der Waals surface area contributed by atoms with Crippen molar-refractivity contribution in [1.82, 2.24) is 15.0 Å². The van der Waals surface area contributed by atoms with Crippen molar-refractivity contribution >= 4 is 15.9 Å². The van der Waals surface area contributed by atoms with Crippen LogP contribution in [0.1, 0.15) is 17.5 Å². The van der Waals surface area contributed by atoms with E-state index in [1.165, 1.54) is 0 Å².